The van der Waals surface area contributed by atoms with Crippen molar-refractivity contribution in [2.24, 2.45) is 0 Å². The molecule has 0 aliphatic carbocycles. The average molecular weight is 353 g/mol. The van der Waals surface area contributed by atoms with Gasteiger partial charge in [-0.1, -0.05) is 31.2 Å². The van der Waals surface area contributed by atoms with Crippen molar-refractivity contribution in [3.8, 4) is 0 Å². The summed E-state index contributed by atoms with van der Waals surface area (Å²) in [5.74, 6) is 2.82. The van der Waals surface area contributed by atoms with E-state index in [1.54, 1.807) is 0 Å². The van der Waals surface area contributed by atoms with Gasteiger partial charge in [-0.25, -0.2) is 0 Å². The van der Waals surface area contributed by atoms with E-state index in [9.17, 15) is 4.79 Å². The van der Waals surface area contributed by atoms with Crippen LogP contribution in [0.4, 0.5) is 0 Å². The minimum atomic E-state index is 0.240. The molecule has 0 spiro atoms. The number of likely N-dealkylation sites (tertiary alicyclic amines) is 1. The molecule has 1 saturated heterocycles. The Labute approximate surface area is 154 Å². The Kier molecular flexibility index (Phi) is 5.02. The van der Waals surface area contributed by atoms with Crippen LogP contribution in [0.2, 0.25) is 0 Å². The molecule has 0 saturated carbocycles. The van der Waals surface area contributed by atoms with Crippen LogP contribution in [-0.4, -0.2) is 45.2 Å². The van der Waals surface area contributed by atoms with Crippen molar-refractivity contribution in [3.05, 3.63) is 47.0 Å². The summed E-state index contributed by atoms with van der Waals surface area (Å²) in [5.41, 5.74) is 2.41. The second kappa shape index (κ2) is 7.58. The third kappa shape index (κ3) is 3.51. The second-order valence-electron chi connectivity index (χ2n) is 7.31. The molecule has 2 aliphatic rings. The summed E-state index contributed by atoms with van der Waals surface area (Å²) in [6.07, 6.45) is 3.47. The third-order valence-electron chi connectivity index (χ3n) is 5.62. The Morgan fingerprint density at radius 2 is 2.00 bits per heavy atom. The quantitative estimate of drug-likeness (QED) is 0.912. The van der Waals surface area contributed by atoms with Crippen LogP contribution < -0.4 is 5.32 Å². The molecule has 2 aliphatic heterocycles. The van der Waals surface area contributed by atoms with Crippen molar-refractivity contribution in [2.45, 2.75) is 51.6 Å². The first-order valence-corrected chi connectivity index (χ1v) is 9.73. The van der Waals surface area contributed by atoms with Gasteiger partial charge in [0.05, 0.1) is 13.0 Å². The van der Waals surface area contributed by atoms with E-state index in [4.69, 9.17) is 0 Å². The van der Waals surface area contributed by atoms with Crippen molar-refractivity contribution in [1.82, 2.24) is 25.0 Å². The molecule has 6 nitrogen and oxygen atoms in total. The molecule has 0 unspecified atom stereocenters. The molecular formula is C20H27N5O. The number of carbonyl (C=O) groups excluding carboxylic acids is 1. The predicted molar refractivity (Wildman–Crippen MR) is 99.8 cm³/mol. The lowest BCUT2D eigenvalue weighted by molar-refractivity contribution is -0.131. The van der Waals surface area contributed by atoms with Crippen LogP contribution in [0, 0.1) is 0 Å². The van der Waals surface area contributed by atoms with Crippen LogP contribution in [0.25, 0.3) is 0 Å². The number of fused-ring (bicyclic) bond motifs is 1. The highest BCUT2D eigenvalue weighted by atomic mass is 16.2. The molecule has 1 amide bonds. The molecule has 0 atom stereocenters. The van der Waals surface area contributed by atoms with E-state index >= 15 is 0 Å². The van der Waals surface area contributed by atoms with Gasteiger partial charge in [-0.2, -0.15) is 0 Å². The number of rotatable bonds is 4. The monoisotopic (exact) mass is 353 g/mol. The maximum absolute atomic E-state index is 12.7. The lowest BCUT2D eigenvalue weighted by atomic mass is 9.95. The van der Waals surface area contributed by atoms with Crippen LogP contribution in [0.1, 0.15) is 48.5 Å². The minimum absolute atomic E-state index is 0.240. The lowest BCUT2D eigenvalue weighted by Crippen LogP contribution is -2.39. The van der Waals surface area contributed by atoms with Gasteiger partial charge in [-0.05, 0) is 30.4 Å². The van der Waals surface area contributed by atoms with Crippen LogP contribution in [0.15, 0.2) is 24.3 Å². The number of hydrogen-bond donors (Lipinski definition) is 1. The Hall–Kier alpha value is -2.21. The van der Waals surface area contributed by atoms with Gasteiger partial charge in [0.1, 0.15) is 11.6 Å². The van der Waals surface area contributed by atoms with Crippen molar-refractivity contribution in [3.63, 3.8) is 0 Å². The number of benzene rings is 1. The number of aryl methyl sites for hydroxylation is 1. The van der Waals surface area contributed by atoms with Crippen molar-refractivity contribution < 1.29 is 4.79 Å². The van der Waals surface area contributed by atoms with Gasteiger partial charge in [0.15, 0.2) is 0 Å². The molecular weight excluding hydrogens is 326 g/mol. The van der Waals surface area contributed by atoms with Gasteiger partial charge in [0, 0.05) is 32.1 Å². The van der Waals surface area contributed by atoms with E-state index in [-0.39, 0.29) is 5.91 Å². The summed E-state index contributed by atoms with van der Waals surface area (Å²) in [4.78, 5) is 14.7. The molecule has 1 aromatic heterocycles. The SMILES string of the molecule is CCc1cccc(CC(=O)N2CCC(c3nnc4n3CCNC4)CC2)c1. The molecule has 3 heterocycles. The molecule has 138 valence electrons. The molecule has 1 aromatic carbocycles. The Morgan fingerprint density at radius 1 is 1.19 bits per heavy atom. The van der Waals surface area contributed by atoms with E-state index in [0.717, 1.165) is 69.2 Å². The summed E-state index contributed by atoms with van der Waals surface area (Å²) in [6, 6.07) is 8.38. The number of carbonyl (C=O) groups is 1. The van der Waals surface area contributed by atoms with E-state index < -0.39 is 0 Å². The van der Waals surface area contributed by atoms with E-state index in [2.05, 4.69) is 51.3 Å². The highest BCUT2D eigenvalue weighted by Crippen LogP contribution is 2.28. The smallest absolute Gasteiger partial charge is 0.226 e. The van der Waals surface area contributed by atoms with E-state index in [1.807, 2.05) is 4.90 Å². The zero-order valence-electron chi connectivity index (χ0n) is 15.4. The van der Waals surface area contributed by atoms with Crippen molar-refractivity contribution in [1.29, 1.82) is 0 Å². The summed E-state index contributed by atoms with van der Waals surface area (Å²) in [7, 11) is 0. The van der Waals surface area contributed by atoms with Gasteiger partial charge in [0.25, 0.3) is 0 Å². The number of amides is 1. The molecule has 26 heavy (non-hydrogen) atoms. The highest BCUT2D eigenvalue weighted by molar-refractivity contribution is 5.79. The van der Waals surface area contributed by atoms with Crippen LogP contribution in [-0.2, 0) is 30.7 Å². The first-order valence-electron chi connectivity index (χ1n) is 9.73. The van der Waals surface area contributed by atoms with Crippen LogP contribution in [0.5, 0.6) is 0 Å². The maximum atomic E-state index is 12.7. The minimum Gasteiger partial charge on any atom is -0.342 e. The summed E-state index contributed by atoms with van der Waals surface area (Å²) in [6.45, 7) is 6.51. The van der Waals surface area contributed by atoms with Gasteiger partial charge < -0.3 is 14.8 Å². The predicted octanol–water partition coefficient (Wildman–Crippen LogP) is 1.89. The summed E-state index contributed by atoms with van der Waals surface area (Å²) >= 11 is 0. The van der Waals surface area contributed by atoms with Gasteiger partial charge >= 0.3 is 0 Å². The van der Waals surface area contributed by atoms with E-state index in [0.29, 0.717) is 12.3 Å². The molecule has 1 fully saturated rings. The third-order valence-corrected chi connectivity index (χ3v) is 5.62. The fraction of sp³-hybridized carbons (Fsp3) is 0.550. The fourth-order valence-corrected chi connectivity index (χ4v) is 4.05. The largest absolute Gasteiger partial charge is 0.342 e. The topological polar surface area (TPSA) is 63.1 Å². The summed E-state index contributed by atoms with van der Waals surface area (Å²) < 4.78 is 2.27. The van der Waals surface area contributed by atoms with E-state index in [1.165, 1.54) is 5.56 Å². The molecule has 0 bridgehead atoms. The van der Waals surface area contributed by atoms with Gasteiger partial charge in [-0.3, -0.25) is 4.79 Å². The van der Waals surface area contributed by atoms with Crippen molar-refractivity contribution in [2.75, 3.05) is 19.6 Å². The lowest BCUT2D eigenvalue weighted by Gasteiger charge is -2.32. The van der Waals surface area contributed by atoms with Gasteiger partial charge in [-0.15, -0.1) is 10.2 Å². The number of piperidine rings is 1. The Bertz CT molecular complexity index is 776. The molecule has 4 rings (SSSR count). The number of hydrogen-bond acceptors (Lipinski definition) is 4. The number of aromatic nitrogens is 3. The normalized spacial score (nSPS) is 18.0. The highest BCUT2D eigenvalue weighted by Gasteiger charge is 2.28. The Balaban J connectivity index is 1.36. The second-order valence-corrected chi connectivity index (χ2v) is 7.31. The maximum Gasteiger partial charge on any atom is 0.226 e. The molecule has 0 radical (unpaired) electrons. The zero-order chi connectivity index (χ0) is 17.9. The number of nitrogens with zero attached hydrogens (tertiary/aromatic N) is 4. The van der Waals surface area contributed by atoms with Gasteiger partial charge in [0.2, 0.25) is 5.91 Å². The van der Waals surface area contributed by atoms with Crippen molar-refractivity contribution >= 4 is 5.91 Å². The van der Waals surface area contributed by atoms with Crippen LogP contribution >= 0.6 is 0 Å². The molecule has 6 heteroatoms. The van der Waals surface area contributed by atoms with Crippen LogP contribution in [0.3, 0.4) is 0 Å². The first kappa shape index (κ1) is 17.2. The Morgan fingerprint density at radius 3 is 2.81 bits per heavy atom. The number of nitrogens with one attached hydrogen (secondary N) is 1. The standard InChI is InChI=1S/C20H27N5O/c1-2-15-4-3-5-16(12-15)13-19(26)24-9-6-17(7-10-24)20-23-22-18-14-21-8-11-25(18)20/h3-5,12,17,21H,2,6-11,13-14H2,1H3. The average Bonchev–Trinajstić information content (AvgIpc) is 3.12. The molecule has 1 N–H and O–H groups in total. The zero-order valence-corrected chi connectivity index (χ0v) is 15.4. The summed E-state index contributed by atoms with van der Waals surface area (Å²) in [5, 5.41) is 12.1. The first-order chi connectivity index (χ1) is 12.7. The fourth-order valence-electron chi connectivity index (χ4n) is 4.05. The molecule has 2 aromatic rings.